The first kappa shape index (κ1) is 35.7. The number of fused-ring (bicyclic) bond motifs is 2. The van der Waals surface area contributed by atoms with Gasteiger partial charge in [0.25, 0.3) is 23.6 Å². The Balaban J connectivity index is 1.49. The minimum atomic E-state index is -8.04. The molecule has 0 bridgehead atoms. The van der Waals surface area contributed by atoms with Crippen molar-refractivity contribution in [1.29, 1.82) is 0 Å². The van der Waals surface area contributed by atoms with Gasteiger partial charge in [0, 0.05) is 0 Å². The van der Waals surface area contributed by atoms with Crippen LogP contribution in [-0.2, 0) is 9.47 Å². The zero-order valence-corrected chi connectivity index (χ0v) is 22.7. The summed E-state index contributed by atoms with van der Waals surface area (Å²) in [6.07, 6.45) is 0. The molecule has 2 aromatic carbocycles. The van der Waals surface area contributed by atoms with Gasteiger partial charge in [-0.3, -0.25) is 29.8 Å². The number of ether oxygens (including phenoxy) is 2. The van der Waals surface area contributed by atoms with Gasteiger partial charge in [-0.2, -0.15) is 52.7 Å². The summed E-state index contributed by atoms with van der Waals surface area (Å²) in [5.41, 5.74) is -3.68. The van der Waals surface area contributed by atoms with Crippen LogP contribution in [0.1, 0.15) is 62.1 Å². The molecule has 258 valence electrons. The molecule has 2 aliphatic heterocycles. The van der Waals surface area contributed by atoms with E-state index >= 15 is 0 Å². The maximum absolute atomic E-state index is 14.3. The van der Waals surface area contributed by atoms with Crippen LogP contribution in [0, 0.1) is 0 Å². The molecule has 48 heavy (non-hydrogen) atoms. The quantitative estimate of drug-likeness (QED) is 0.200. The van der Waals surface area contributed by atoms with Crippen LogP contribution < -0.4 is 10.6 Å². The Bertz CT molecular complexity index is 1650. The second-order valence-electron chi connectivity index (χ2n) is 9.95. The lowest BCUT2D eigenvalue weighted by Gasteiger charge is -2.41. The molecular weight excluding hydrogens is 696 g/mol. The molecule has 0 spiro atoms. The van der Waals surface area contributed by atoms with Crippen molar-refractivity contribution in [1.82, 2.24) is 10.6 Å². The smallest absolute Gasteiger partial charge is 0.384 e. The monoisotopic (exact) mass is 708 g/mol. The number of halogens is 12. The zero-order valence-electron chi connectivity index (χ0n) is 22.7. The van der Waals surface area contributed by atoms with Gasteiger partial charge in [-0.05, 0) is 36.4 Å². The maximum atomic E-state index is 14.3. The molecule has 0 aliphatic carbocycles. The first-order chi connectivity index (χ1) is 21.8. The molecule has 0 saturated carbocycles. The number of carbonyl (C=O) groups is 6. The van der Waals surface area contributed by atoms with Crippen LogP contribution >= 0.6 is 0 Å². The van der Waals surface area contributed by atoms with Gasteiger partial charge in [-0.1, -0.05) is 0 Å². The topological polar surface area (TPSA) is 145 Å². The summed E-state index contributed by atoms with van der Waals surface area (Å²) >= 11 is 0. The van der Waals surface area contributed by atoms with Crippen molar-refractivity contribution in [3.63, 3.8) is 0 Å². The molecule has 4 amide bonds. The molecular formula is C26H12F12N2O8. The lowest BCUT2D eigenvalue weighted by atomic mass is 9.91. The lowest BCUT2D eigenvalue weighted by molar-refractivity contribution is -0.427. The predicted octanol–water partition coefficient (Wildman–Crippen LogP) is 4.28. The normalized spacial score (nSPS) is 15.5. The van der Waals surface area contributed by atoms with Gasteiger partial charge in [-0.25, -0.2) is 9.59 Å². The number of nitrogens with one attached hydrogen (secondary N) is 2. The second kappa shape index (κ2) is 11.2. The summed E-state index contributed by atoms with van der Waals surface area (Å²) < 4.78 is 178. The number of alkyl halides is 12. The van der Waals surface area contributed by atoms with Crippen molar-refractivity contribution in [2.45, 2.75) is 35.5 Å². The molecule has 4 rings (SSSR count). The summed E-state index contributed by atoms with van der Waals surface area (Å²) in [6.45, 7) is -6.45. The average Bonchev–Trinajstić information content (AvgIpc) is 3.45. The third kappa shape index (κ3) is 5.37. The molecule has 2 aliphatic rings. The van der Waals surface area contributed by atoms with E-state index in [1.807, 2.05) is 0 Å². The molecule has 0 aromatic heterocycles. The average molecular weight is 708 g/mol. The van der Waals surface area contributed by atoms with Crippen LogP contribution in [-0.4, -0.2) is 84.3 Å². The van der Waals surface area contributed by atoms with Crippen LogP contribution in [0.5, 0.6) is 0 Å². The maximum Gasteiger partial charge on any atom is 0.384 e. The fourth-order valence-electron chi connectivity index (χ4n) is 4.10. The molecule has 0 atom stereocenters. The van der Waals surface area contributed by atoms with Crippen molar-refractivity contribution in [3.8, 4) is 0 Å². The number of carbonyl (C=O) groups excluding carboxylic acids is 6. The van der Waals surface area contributed by atoms with Crippen LogP contribution in [0.4, 0.5) is 52.7 Å². The van der Waals surface area contributed by atoms with Gasteiger partial charge < -0.3 is 9.47 Å². The van der Waals surface area contributed by atoms with Gasteiger partial charge in [0.05, 0.1) is 33.4 Å². The van der Waals surface area contributed by atoms with Crippen molar-refractivity contribution >= 4 is 35.6 Å². The van der Waals surface area contributed by atoms with Crippen molar-refractivity contribution in [2.75, 3.05) is 13.2 Å². The van der Waals surface area contributed by atoms with Gasteiger partial charge in [0.2, 0.25) is 0 Å². The molecule has 0 unspecified atom stereocenters. The van der Waals surface area contributed by atoms with Gasteiger partial charge in [-0.15, -0.1) is 0 Å². The lowest BCUT2D eigenvalue weighted by Crippen LogP contribution is -2.71. The molecule has 2 aromatic rings. The molecule has 22 heteroatoms. The first-order valence-electron chi connectivity index (χ1n) is 12.4. The van der Waals surface area contributed by atoms with E-state index in [9.17, 15) is 81.5 Å². The Hall–Kier alpha value is -5.18. The number of esters is 2. The van der Waals surface area contributed by atoms with E-state index in [4.69, 9.17) is 0 Å². The molecule has 2 heterocycles. The Morgan fingerprint density at radius 2 is 0.771 bits per heavy atom. The zero-order chi connectivity index (χ0) is 36.4. The standard InChI is InChI=1S/C26H12F12N2O8/c27-21(28,7-47-19(45)9-1-3-11-13(5-9)17(43)39-15(11)41)23(31,32)25(35,36)26(37,38)24(33,34)22(29,30)8-48-20(46)10-2-4-12-14(6-10)18(44)40-16(12)42/h1-6H,7-8H2,(H,39,41,43)(H,40,42,44). The molecule has 10 nitrogen and oxygen atoms in total. The summed E-state index contributed by atoms with van der Waals surface area (Å²) in [4.78, 5) is 70.3. The van der Waals surface area contributed by atoms with Crippen LogP contribution in [0.25, 0.3) is 0 Å². The molecule has 0 fully saturated rings. The van der Waals surface area contributed by atoms with E-state index in [1.54, 1.807) is 10.6 Å². The fourth-order valence-corrected chi connectivity index (χ4v) is 4.10. The first-order valence-corrected chi connectivity index (χ1v) is 12.4. The van der Waals surface area contributed by atoms with Gasteiger partial charge >= 0.3 is 47.5 Å². The van der Waals surface area contributed by atoms with E-state index in [0.717, 1.165) is 12.1 Å². The van der Waals surface area contributed by atoms with Crippen LogP contribution in [0.15, 0.2) is 36.4 Å². The second-order valence-corrected chi connectivity index (χ2v) is 9.95. The summed E-state index contributed by atoms with van der Waals surface area (Å²) in [7, 11) is 0. The Labute approximate surface area is 256 Å². The predicted molar refractivity (Wildman–Crippen MR) is 127 cm³/mol. The number of hydrogen-bond donors (Lipinski definition) is 2. The third-order valence-corrected chi connectivity index (χ3v) is 6.81. The third-order valence-electron chi connectivity index (χ3n) is 6.81. The fraction of sp³-hybridized carbons (Fsp3) is 0.308. The van der Waals surface area contributed by atoms with E-state index in [2.05, 4.69) is 9.47 Å². The summed E-state index contributed by atoms with van der Waals surface area (Å²) in [5, 5.41) is 3.49. The van der Waals surface area contributed by atoms with Crippen molar-refractivity contribution < 1.29 is 90.9 Å². The number of amides is 4. The highest BCUT2D eigenvalue weighted by Gasteiger charge is 2.90. The minimum Gasteiger partial charge on any atom is -0.455 e. The highest BCUT2D eigenvalue weighted by atomic mass is 19.4. The van der Waals surface area contributed by atoms with E-state index in [1.165, 1.54) is 0 Å². The Morgan fingerprint density at radius 1 is 0.479 bits per heavy atom. The van der Waals surface area contributed by atoms with E-state index in [0.29, 0.717) is 24.3 Å². The molecule has 2 N–H and O–H groups in total. The Kier molecular flexibility index (Phi) is 8.34. The van der Waals surface area contributed by atoms with Crippen molar-refractivity contribution in [2.24, 2.45) is 0 Å². The highest BCUT2D eigenvalue weighted by molar-refractivity contribution is 6.22. The van der Waals surface area contributed by atoms with Gasteiger partial charge in [0.1, 0.15) is 0 Å². The van der Waals surface area contributed by atoms with Gasteiger partial charge in [0.15, 0.2) is 13.2 Å². The number of rotatable bonds is 11. The molecule has 0 saturated heterocycles. The summed E-state index contributed by atoms with van der Waals surface area (Å²) in [6, 6.07) is 3.73. The highest BCUT2D eigenvalue weighted by Crippen LogP contribution is 2.60. The van der Waals surface area contributed by atoms with E-state index in [-0.39, 0.29) is 11.1 Å². The SMILES string of the molecule is O=C(OCC(F)(F)C(F)(F)C(F)(F)C(F)(F)C(F)(F)C(F)(F)COC(=O)c1ccc2c(c1)C(=O)NC2=O)c1ccc2c(c1)C(=O)NC2=O. The number of imide groups is 2. The number of hydrogen-bond acceptors (Lipinski definition) is 8. The Morgan fingerprint density at radius 3 is 1.08 bits per heavy atom. The van der Waals surface area contributed by atoms with E-state index < -0.39 is 107 Å². The van der Waals surface area contributed by atoms with Crippen LogP contribution in [0.2, 0.25) is 0 Å². The molecule has 0 radical (unpaired) electrons. The van der Waals surface area contributed by atoms with Crippen molar-refractivity contribution in [3.05, 3.63) is 69.8 Å². The summed E-state index contributed by atoms with van der Waals surface area (Å²) in [5.74, 6) is -53.1. The largest absolute Gasteiger partial charge is 0.455 e. The minimum absolute atomic E-state index is 0.349. The number of benzene rings is 2. The van der Waals surface area contributed by atoms with Crippen LogP contribution in [0.3, 0.4) is 0 Å².